The van der Waals surface area contributed by atoms with Gasteiger partial charge in [0.2, 0.25) is 0 Å². The normalized spacial score (nSPS) is 15.8. The summed E-state index contributed by atoms with van der Waals surface area (Å²) < 4.78 is 5.00. The van der Waals surface area contributed by atoms with Crippen LogP contribution < -0.4 is 4.90 Å². The van der Waals surface area contributed by atoms with Crippen LogP contribution in [0.3, 0.4) is 0 Å². The van der Waals surface area contributed by atoms with E-state index in [1.54, 1.807) is 0 Å². The Morgan fingerprint density at radius 1 is 1.30 bits per heavy atom. The number of anilines is 1. The number of fused-ring (bicyclic) bond motifs is 1. The van der Waals surface area contributed by atoms with E-state index in [2.05, 4.69) is 45.0 Å². The van der Waals surface area contributed by atoms with E-state index in [9.17, 15) is 10.2 Å². The van der Waals surface area contributed by atoms with Crippen LogP contribution >= 0.6 is 11.3 Å². The molecule has 1 aliphatic heterocycles. The lowest BCUT2D eigenvalue weighted by molar-refractivity contribution is 0.148. The van der Waals surface area contributed by atoms with Gasteiger partial charge in [0.15, 0.2) is 5.52 Å². The minimum Gasteiger partial charge on any atom is -0.395 e. The molecule has 8 nitrogen and oxygen atoms in total. The first-order chi connectivity index (χ1) is 14.6. The maximum absolute atomic E-state index is 9.41. The Morgan fingerprint density at radius 2 is 2.13 bits per heavy atom. The van der Waals surface area contributed by atoms with Gasteiger partial charge in [0, 0.05) is 49.6 Å². The van der Waals surface area contributed by atoms with Crippen molar-refractivity contribution >= 4 is 28.1 Å². The van der Waals surface area contributed by atoms with Crippen LogP contribution in [0.15, 0.2) is 22.1 Å². The van der Waals surface area contributed by atoms with Crippen molar-refractivity contribution in [1.82, 2.24) is 20.2 Å². The predicted molar refractivity (Wildman–Crippen MR) is 118 cm³/mol. The maximum atomic E-state index is 9.41. The van der Waals surface area contributed by atoms with Gasteiger partial charge in [-0.3, -0.25) is 0 Å². The van der Waals surface area contributed by atoms with Crippen molar-refractivity contribution in [3.8, 4) is 10.6 Å². The number of hydrogen-bond acceptors (Lipinski definition) is 9. The zero-order chi connectivity index (χ0) is 21.1. The van der Waals surface area contributed by atoms with Gasteiger partial charge in [0.25, 0.3) is 0 Å². The molecule has 0 radical (unpaired) electrons. The van der Waals surface area contributed by atoms with Gasteiger partial charge in [0.1, 0.15) is 10.5 Å². The molecule has 162 valence electrons. The average Bonchev–Trinajstić information content (AvgIpc) is 3.38. The summed E-state index contributed by atoms with van der Waals surface area (Å²) in [5, 5.41) is 29.6. The summed E-state index contributed by atoms with van der Waals surface area (Å²) in [7, 11) is 0. The molecule has 2 N–H and O–H groups in total. The van der Waals surface area contributed by atoms with Gasteiger partial charge in [-0.2, -0.15) is 0 Å². The molecule has 0 saturated carbocycles. The Morgan fingerprint density at radius 3 is 2.83 bits per heavy atom. The van der Waals surface area contributed by atoms with Crippen LogP contribution in [-0.4, -0.2) is 69.7 Å². The fourth-order valence-electron chi connectivity index (χ4n) is 3.96. The number of nitrogens with zero attached hydrogens (tertiary/aromatic N) is 5. The lowest BCUT2D eigenvalue weighted by Gasteiger charge is -2.43. The van der Waals surface area contributed by atoms with Gasteiger partial charge < -0.3 is 20.0 Å². The molecule has 4 rings (SSSR count). The zero-order valence-corrected chi connectivity index (χ0v) is 18.3. The van der Waals surface area contributed by atoms with Gasteiger partial charge in [-0.15, -0.1) is 11.3 Å². The minimum absolute atomic E-state index is 0.0636. The molecule has 1 aromatic carbocycles. The highest BCUT2D eigenvalue weighted by atomic mass is 32.1. The molecular weight excluding hydrogens is 402 g/mol. The van der Waals surface area contributed by atoms with Gasteiger partial charge in [-0.05, 0) is 28.4 Å². The fourth-order valence-corrected chi connectivity index (χ4v) is 4.76. The van der Waals surface area contributed by atoms with E-state index in [0.29, 0.717) is 23.0 Å². The summed E-state index contributed by atoms with van der Waals surface area (Å²) in [4.78, 5) is 9.17. The molecule has 1 unspecified atom stereocenters. The molecule has 1 aliphatic rings. The van der Waals surface area contributed by atoms with E-state index in [1.165, 1.54) is 11.3 Å². The molecule has 2 aromatic heterocycles. The zero-order valence-electron chi connectivity index (χ0n) is 17.5. The van der Waals surface area contributed by atoms with Crippen molar-refractivity contribution in [1.29, 1.82) is 0 Å². The summed E-state index contributed by atoms with van der Waals surface area (Å²) in [6.07, 6.45) is 1.15. The molecule has 30 heavy (non-hydrogen) atoms. The van der Waals surface area contributed by atoms with Crippen molar-refractivity contribution in [2.75, 3.05) is 44.2 Å². The lowest BCUT2D eigenvalue weighted by atomic mass is 9.96. The van der Waals surface area contributed by atoms with Gasteiger partial charge in [0.05, 0.1) is 24.6 Å². The van der Waals surface area contributed by atoms with Crippen molar-refractivity contribution < 1.29 is 14.8 Å². The highest BCUT2D eigenvalue weighted by Crippen LogP contribution is 2.36. The second-order valence-corrected chi connectivity index (χ2v) is 9.06. The molecule has 0 bridgehead atoms. The number of rotatable bonds is 10. The average molecular weight is 432 g/mol. The second-order valence-electron chi connectivity index (χ2n) is 8.20. The molecular formula is C21H29N5O3S. The largest absolute Gasteiger partial charge is 0.395 e. The molecule has 3 heterocycles. The Labute approximate surface area is 180 Å². The third-order valence-electron chi connectivity index (χ3n) is 5.80. The van der Waals surface area contributed by atoms with E-state index in [0.717, 1.165) is 60.9 Å². The standard InChI is InChI=1S/C21H29N5O3S/c1-3-14(2)8-25(4-5-27)9-15-10-26(11-15)19-7-16(6-18-20(19)24-29-23-18)21-22-17(12-28)13-30-21/h6-7,13-15,27-28H,3-5,8-12H2,1-2H3. The maximum Gasteiger partial charge on any atom is 0.158 e. The van der Waals surface area contributed by atoms with Crippen molar-refractivity contribution in [2.24, 2.45) is 11.8 Å². The first kappa shape index (κ1) is 21.2. The molecule has 1 atom stereocenters. The third-order valence-corrected chi connectivity index (χ3v) is 6.74. The second kappa shape index (κ2) is 9.38. The van der Waals surface area contributed by atoms with Crippen molar-refractivity contribution in [3.63, 3.8) is 0 Å². The van der Waals surface area contributed by atoms with Gasteiger partial charge in [-0.1, -0.05) is 20.3 Å². The number of benzene rings is 1. The first-order valence-corrected chi connectivity index (χ1v) is 11.4. The van der Waals surface area contributed by atoms with Crippen LogP contribution in [0.2, 0.25) is 0 Å². The summed E-state index contributed by atoms with van der Waals surface area (Å²) in [5.74, 6) is 1.19. The van der Waals surface area contributed by atoms with E-state index >= 15 is 0 Å². The van der Waals surface area contributed by atoms with Crippen molar-refractivity contribution in [2.45, 2.75) is 26.9 Å². The smallest absolute Gasteiger partial charge is 0.158 e. The molecule has 0 aliphatic carbocycles. The molecule has 1 fully saturated rings. The number of aromatic nitrogens is 3. The predicted octanol–water partition coefficient (Wildman–Crippen LogP) is 2.62. The summed E-state index contributed by atoms with van der Waals surface area (Å²) in [6, 6.07) is 4.02. The highest BCUT2D eigenvalue weighted by molar-refractivity contribution is 7.13. The van der Waals surface area contributed by atoms with E-state index < -0.39 is 0 Å². The summed E-state index contributed by atoms with van der Waals surface area (Å²) in [6.45, 7) is 9.23. The SMILES string of the molecule is CCC(C)CN(CCO)CC1CN(c2cc(-c3nc(CO)cs3)cc3nonc23)C1. The lowest BCUT2D eigenvalue weighted by Crippen LogP contribution is -2.52. The Kier molecular flexibility index (Phi) is 6.62. The van der Waals surface area contributed by atoms with E-state index in [-0.39, 0.29) is 13.2 Å². The number of aliphatic hydroxyl groups excluding tert-OH is 2. The molecule has 0 spiro atoms. The minimum atomic E-state index is -0.0636. The van der Waals surface area contributed by atoms with Crippen LogP contribution in [0.4, 0.5) is 5.69 Å². The number of thiazole rings is 1. The van der Waals surface area contributed by atoms with E-state index in [4.69, 9.17) is 4.63 Å². The van der Waals surface area contributed by atoms with Gasteiger partial charge in [-0.25, -0.2) is 9.61 Å². The molecule has 1 saturated heterocycles. The van der Waals surface area contributed by atoms with E-state index in [1.807, 2.05) is 11.4 Å². The van der Waals surface area contributed by atoms with Crippen LogP contribution in [0.1, 0.15) is 26.0 Å². The van der Waals surface area contributed by atoms with Crippen LogP contribution in [-0.2, 0) is 6.61 Å². The fraction of sp³-hybridized carbons (Fsp3) is 0.571. The molecule has 0 amide bonds. The number of hydrogen-bond donors (Lipinski definition) is 2. The molecule has 3 aromatic rings. The quantitative estimate of drug-likeness (QED) is 0.505. The summed E-state index contributed by atoms with van der Waals surface area (Å²) >= 11 is 1.51. The first-order valence-electron chi connectivity index (χ1n) is 10.5. The third kappa shape index (κ3) is 4.49. The monoisotopic (exact) mass is 431 g/mol. The Bertz CT molecular complexity index is 969. The summed E-state index contributed by atoms with van der Waals surface area (Å²) in [5.41, 5.74) is 4.12. The van der Waals surface area contributed by atoms with Crippen LogP contribution in [0.5, 0.6) is 0 Å². The Hall–Kier alpha value is -2.07. The number of aliphatic hydroxyl groups is 2. The highest BCUT2D eigenvalue weighted by Gasteiger charge is 2.31. The van der Waals surface area contributed by atoms with Gasteiger partial charge >= 0.3 is 0 Å². The van der Waals surface area contributed by atoms with Crippen LogP contribution in [0, 0.1) is 11.8 Å². The van der Waals surface area contributed by atoms with Crippen molar-refractivity contribution in [3.05, 3.63) is 23.2 Å². The van der Waals surface area contributed by atoms with Crippen LogP contribution in [0.25, 0.3) is 21.6 Å². The Balaban J connectivity index is 1.48. The molecule has 9 heteroatoms. The topological polar surface area (TPSA) is 98.8 Å².